The second-order valence-corrected chi connectivity index (χ2v) is 22.8. The van der Waals surface area contributed by atoms with E-state index in [9.17, 15) is 25.2 Å². The summed E-state index contributed by atoms with van der Waals surface area (Å²) < 4.78 is 5.90. The Morgan fingerprint density at radius 1 is 0.574 bits per heavy atom. The van der Waals surface area contributed by atoms with Crippen LogP contribution in [0.25, 0.3) is 0 Å². The van der Waals surface area contributed by atoms with Crippen LogP contribution in [0.1, 0.15) is 170 Å². The van der Waals surface area contributed by atoms with Crippen molar-refractivity contribution in [1.29, 1.82) is 0 Å². The molecule has 0 unspecified atom stereocenters. The van der Waals surface area contributed by atoms with Crippen LogP contribution in [0.5, 0.6) is 0 Å². The van der Waals surface area contributed by atoms with Crippen molar-refractivity contribution in [3.63, 3.8) is 0 Å². The standard InChI is InChI=1S/C48H80O6/c1-28(34-10-12-36-43-38(17-21-47(34,36)5)45(3)19-15-32(49)24-30(45)26-40(43)51)8-7-23-54-42(53)14-9-29(2)35-11-13-37-44-39(18-22-48(35,37)6)46(4)20-16-33(50)25-31(46)27-41(44)52/h28-41,43-44,49-52H,7-27H2,1-6H3/t28-,29-,30+,31+,32-,33-,34-,35-,36+,37+,38+,39+,40+,41+,43+,44+,45+,46+,47-,48-/m1/s1. The van der Waals surface area contributed by atoms with E-state index in [0.29, 0.717) is 84.0 Å². The number of fused-ring (bicyclic) bond motifs is 10. The van der Waals surface area contributed by atoms with Gasteiger partial charge in [0.25, 0.3) is 0 Å². The van der Waals surface area contributed by atoms with Crippen LogP contribution in [0, 0.1) is 92.7 Å². The van der Waals surface area contributed by atoms with Crippen LogP contribution in [0.2, 0.25) is 0 Å². The zero-order chi connectivity index (χ0) is 38.4. The second kappa shape index (κ2) is 14.8. The van der Waals surface area contributed by atoms with Crippen molar-refractivity contribution in [2.24, 2.45) is 92.7 Å². The zero-order valence-electron chi connectivity index (χ0n) is 35.2. The topological polar surface area (TPSA) is 107 Å². The highest BCUT2D eigenvalue weighted by Crippen LogP contribution is 2.70. The van der Waals surface area contributed by atoms with E-state index in [2.05, 4.69) is 41.5 Å². The number of rotatable bonds is 9. The number of carbonyl (C=O) groups is 1. The first-order valence-corrected chi connectivity index (χ1v) is 23.5. The minimum Gasteiger partial charge on any atom is -0.466 e. The summed E-state index contributed by atoms with van der Waals surface area (Å²) >= 11 is 0. The van der Waals surface area contributed by atoms with E-state index in [0.717, 1.165) is 70.6 Å². The number of carbonyl (C=O) groups excluding carboxylic acids is 1. The molecule has 8 aliphatic rings. The molecule has 0 spiro atoms. The summed E-state index contributed by atoms with van der Waals surface area (Å²) in [6.07, 6.45) is 20.1. The fourth-order valence-corrected chi connectivity index (χ4v) is 17.8. The highest BCUT2D eigenvalue weighted by atomic mass is 16.5. The van der Waals surface area contributed by atoms with Gasteiger partial charge in [-0.2, -0.15) is 0 Å². The lowest BCUT2D eigenvalue weighted by Crippen LogP contribution is -2.58. The molecular weight excluding hydrogens is 673 g/mol. The van der Waals surface area contributed by atoms with Gasteiger partial charge in [0.15, 0.2) is 0 Å². The fourth-order valence-electron chi connectivity index (χ4n) is 17.8. The predicted molar refractivity (Wildman–Crippen MR) is 213 cm³/mol. The molecule has 0 aromatic rings. The minimum atomic E-state index is -0.239. The lowest BCUT2D eigenvalue weighted by atomic mass is 9.43. The molecule has 8 fully saturated rings. The molecular formula is C48H80O6. The Labute approximate surface area is 328 Å². The number of esters is 1. The Balaban J connectivity index is 0.791. The van der Waals surface area contributed by atoms with Gasteiger partial charge in [-0.15, -0.1) is 0 Å². The van der Waals surface area contributed by atoms with Crippen LogP contribution >= 0.6 is 0 Å². The molecule has 0 aromatic heterocycles. The van der Waals surface area contributed by atoms with Crippen molar-refractivity contribution in [3.8, 4) is 0 Å². The molecule has 308 valence electrons. The van der Waals surface area contributed by atoms with E-state index >= 15 is 0 Å². The van der Waals surface area contributed by atoms with Crippen LogP contribution < -0.4 is 0 Å². The van der Waals surface area contributed by atoms with E-state index in [1.54, 1.807) is 0 Å². The lowest BCUT2D eigenvalue weighted by Gasteiger charge is -2.62. The lowest BCUT2D eigenvalue weighted by molar-refractivity contribution is -0.174. The molecule has 0 bridgehead atoms. The van der Waals surface area contributed by atoms with E-state index < -0.39 is 0 Å². The van der Waals surface area contributed by atoms with Gasteiger partial charge in [0.2, 0.25) is 0 Å². The Kier molecular flexibility index (Phi) is 11.0. The maximum absolute atomic E-state index is 13.1. The summed E-state index contributed by atoms with van der Waals surface area (Å²) in [5.74, 6) is 6.37. The molecule has 6 nitrogen and oxygen atoms in total. The van der Waals surface area contributed by atoms with Gasteiger partial charge in [-0.3, -0.25) is 4.79 Å². The Morgan fingerprint density at radius 3 is 1.48 bits per heavy atom. The molecule has 4 N–H and O–H groups in total. The van der Waals surface area contributed by atoms with Crippen molar-refractivity contribution in [1.82, 2.24) is 0 Å². The molecule has 0 heterocycles. The average Bonchev–Trinajstić information content (AvgIpc) is 3.67. The van der Waals surface area contributed by atoms with Crippen LogP contribution in [0.15, 0.2) is 0 Å². The first kappa shape index (κ1) is 40.1. The van der Waals surface area contributed by atoms with Crippen molar-refractivity contribution >= 4 is 5.97 Å². The Morgan fingerprint density at radius 2 is 1.00 bits per heavy atom. The van der Waals surface area contributed by atoms with Crippen molar-refractivity contribution in [3.05, 3.63) is 0 Å². The quantitative estimate of drug-likeness (QED) is 0.138. The van der Waals surface area contributed by atoms with Crippen LogP contribution in [0.3, 0.4) is 0 Å². The second-order valence-electron chi connectivity index (χ2n) is 22.8. The fraction of sp³-hybridized carbons (Fsp3) is 0.979. The van der Waals surface area contributed by atoms with Crippen molar-refractivity contribution in [2.45, 2.75) is 194 Å². The smallest absolute Gasteiger partial charge is 0.305 e. The number of hydrogen-bond donors (Lipinski definition) is 4. The number of aliphatic hydroxyl groups excluding tert-OH is 4. The number of ether oxygens (including phenoxy) is 1. The molecule has 54 heavy (non-hydrogen) atoms. The number of hydrogen-bond acceptors (Lipinski definition) is 6. The summed E-state index contributed by atoms with van der Waals surface area (Å²) in [6, 6.07) is 0. The van der Waals surface area contributed by atoms with E-state index in [4.69, 9.17) is 4.74 Å². The zero-order valence-corrected chi connectivity index (χ0v) is 35.2. The van der Waals surface area contributed by atoms with Gasteiger partial charge < -0.3 is 25.2 Å². The average molecular weight is 753 g/mol. The molecule has 0 saturated heterocycles. The first-order chi connectivity index (χ1) is 25.6. The molecule has 0 aromatic carbocycles. The third-order valence-electron chi connectivity index (χ3n) is 20.7. The molecule has 8 aliphatic carbocycles. The van der Waals surface area contributed by atoms with Crippen LogP contribution in [0.4, 0.5) is 0 Å². The van der Waals surface area contributed by atoms with E-state index in [-0.39, 0.29) is 52.0 Å². The normalized spacial score (nSPS) is 53.5. The van der Waals surface area contributed by atoms with E-state index in [1.165, 1.54) is 51.4 Å². The summed E-state index contributed by atoms with van der Waals surface area (Å²) in [4.78, 5) is 13.1. The summed E-state index contributed by atoms with van der Waals surface area (Å²) in [5.41, 5.74) is 1.06. The van der Waals surface area contributed by atoms with Crippen molar-refractivity contribution < 1.29 is 30.0 Å². The molecule has 8 saturated carbocycles. The third-order valence-corrected chi connectivity index (χ3v) is 20.7. The maximum atomic E-state index is 13.1. The van der Waals surface area contributed by atoms with E-state index in [1.807, 2.05) is 0 Å². The van der Waals surface area contributed by atoms with Gasteiger partial charge in [0.1, 0.15) is 0 Å². The summed E-state index contributed by atoms with van der Waals surface area (Å²) in [5, 5.41) is 44.1. The molecule has 0 aliphatic heterocycles. The predicted octanol–water partition coefficient (Wildman–Crippen LogP) is 9.34. The monoisotopic (exact) mass is 753 g/mol. The Hall–Kier alpha value is -0.690. The third kappa shape index (κ3) is 6.50. The minimum absolute atomic E-state index is 0.0291. The van der Waals surface area contributed by atoms with Gasteiger partial charge in [0, 0.05) is 6.42 Å². The SMILES string of the molecule is C[C@H](CCCOC(=O)CC[C@@H](C)[C@H]1CC[C@H]2[C@@H]3[C@@H](O)C[C@@H]4C[C@H](O)CC[C@]4(C)[C@H]3CC[C@]12C)[C@H]1CC[C@H]2[C@@H]3[C@@H](O)C[C@@H]4C[C@H](O)CC[C@]4(C)[C@H]3CC[C@]12C. The van der Waals surface area contributed by atoms with Crippen molar-refractivity contribution in [2.75, 3.05) is 6.61 Å². The van der Waals surface area contributed by atoms with Gasteiger partial charge in [-0.1, -0.05) is 41.5 Å². The highest BCUT2D eigenvalue weighted by molar-refractivity contribution is 5.69. The maximum Gasteiger partial charge on any atom is 0.305 e. The largest absolute Gasteiger partial charge is 0.466 e. The first-order valence-electron chi connectivity index (χ1n) is 23.5. The molecule has 0 radical (unpaired) electrons. The molecule has 0 amide bonds. The van der Waals surface area contributed by atoms with Gasteiger partial charge in [-0.05, 0) is 215 Å². The molecule has 20 atom stereocenters. The molecule has 6 heteroatoms. The summed E-state index contributed by atoms with van der Waals surface area (Å²) in [7, 11) is 0. The molecule has 8 rings (SSSR count). The van der Waals surface area contributed by atoms with Crippen LogP contribution in [-0.4, -0.2) is 57.4 Å². The Bertz CT molecular complexity index is 1350. The number of aliphatic hydroxyl groups is 4. The summed E-state index contributed by atoms with van der Waals surface area (Å²) in [6.45, 7) is 15.4. The van der Waals surface area contributed by atoms with Crippen LogP contribution in [-0.2, 0) is 9.53 Å². The highest BCUT2D eigenvalue weighted by Gasteiger charge is 2.64. The van der Waals surface area contributed by atoms with Gasteiger partial charge in [0.05, 0.1) is 31.0 Å². The van der Waals surface area contributed by atoms with Gasteiger partial charge in [-0.25, -0.2) is 0 Å². The van der Waals surface area contributed by atoms with Gasteiger partial charge >= 0.3 is 5.97 Å².